The number of hydrogen-bond acceptors (Lipinski definition) is 4. The lowest BCUT2D eigenvalue weighted by Gasteiger charge is -2.26. The molecule has 158 valence electrons. The molecule has 0 aliphatic carbocycles. The summed E-state index contributed by atoms with van der Waals surface area (Å²) in [6.45, 7) is 6.97. The lowest BCUT2D eigenvalue weighted by Crippen LogP contribution is -2.43. The van der Waals surface area contributed by atoms with Crippen molar-refractivity contribution in [2.75, 3.05) is 18.0 Å². The summed E-state index contributed by atoms with van der Waals surface area (Å²) < 4.78 is 0. The number of phenols is 1. The average Bonchev–Trinajstić information content (AvgIpc) is 3.28. The minimum absolute atomic E-state index is 0.00963. The first-order chi connectivity index (χ1) is 15.1. The van der Waals surface area contributed by atoms with Gasteiger partial charge in [0, 0.05) is 18.7 Å². The second-order valence-corrected chi connectivity index (χ2v) is 7.82. The summed E-state index contributed by atoms with van der Waals surface area (Å²) in [4.78, 5) is 19.7. The third-order valence-corrected chi connectivity index (χ3v) is 5.72. The summed E-state index contributed by atoms with van der Waals surface area (Å²) in [5, 5.41) is 13.4. The van der Waals surface area contributed by atoms with Crippen LogP contribution < -0.4 is 10.2 Å². The molecule has 0 radical (unpaired) electrons. The molecule has 0 unspecified atom stereocenters. The Balaban J connectivity index is 1.82. The molecule has 2 aromatic carbocycles. The highest BCUT2D eigenvalue weighted by Gasteiger charge is 2.32. The summed E-state index contributed by atoms with van der Waals surface area (Å²) in [7, 11) is 0. The molecular formula is C26H27N3O2. The van der Waals surface area contributed by atoms with Crippen LogP contribution in [0, 0.1) is 6.92 Å². The minimum Gasteiger partial charge on any atom is -0.507 e. The Labute approximate surface area is 183 Å². The van der Waals surface area contributed by atoms with Gasteiger partial charge >= 0.3 is 0 Å². The second kappa shape index (κ2) is 9.04. The quantitative estimate of drug-likeness (QED) is 0.575. The van der Waals surface area contributed by atoms with Crippen molar-refractivity contribution >= 4 is 11.7 Å². The zero-order chi connectivity index (χ0) is 21.8. The molecule has 3 aromatic rings. The number of hydrogen-bond donors (Lipinski definition) is 2. The van der Waals surface area contributed by atoms with Crippen molar-refractivity contribution in [3.8, 4) is 28.1 Å². The molecule has 1 atom stereocenters. The molecule has 5 nitrogen and oxygen atoms in total. The number of amides is 1. The molecule has 1 fully saturated rings. The van der Waals surface area contributed by atoms with E-state index in [1.54, 1.807) is 18.2 Å². The van der Waals surface area contributed by atoms with E-state index in [-0.39, 0.29) is 17.7 Å². The van der Waals surface area contributed by atoms with Crippen LogP contribution in [0.1, 0.15) is 18.4 Å². The number of nitrogens with zero attached hydrogens (tertiary/aromatic N) is 2. The monoisotopic (exact) mass is 413 g/mol. The van der Waals surface area contributed by atoms with Gasteiger partial charge in [0.25, 0.3) is 0 Å². The van der Waals surface area contributed by atoms with Crippen LogP contribution in [0.3, 0.4) is 0 Å². The van der Waals surface area contributed by atoms with Gasteiger partial charge in [-0.1, -0.05) is 42.5 Å². The molecule has 5 heteroatoms. The summed E-state index contributed by atoms with van der Waals surface area (Å²) in [5.74, 6) is 0.921. The van der Waals surface area contributed by atoms with E-state index in [0.717, 1.165) is 41.9 Å². The van der Waals surface area contributed by atoms with E-state index in [0.29, 0.717) is 17.8 Å². The molecule has 0 saturated carbocycles. The SMILES string of the molecule is C=CCNC(=O)[C@@H]1CCCN1c1cc(-c2ccccc2C)cc(-c2ccccc2O)n1. The molecule has 2 N–H and O–H groups in total. The number of nitrogens with one attached hydrogen (secondary N) is 1. The highest BCUT2D eigenvalue weighted by molar-refractivity contribution is 5.86. The van der Waals surface area contributed by atoms with Crippen LogP contribution >= 0.6 is 0 Å². The lowest BCUT2D eigenvalue weighted by atomic mass is 9.99. The largest absolute Gasteiger partial charge is 0.507 e. The van der Waals surface area contributed by atoms with Crippen molar-refractivity contribution < 1.29 is 9.90 Å². The van der Waals surface area contributed by atoms with E-state index in [9.17, 15) is 9.90 Å². The summed E-state index contributed by atoms with van der Waals surface area (Å²) >= 11 is 0. The highest BCUT2D eigenvalue weighted by atomic mass is 16.3. The number of carbonyl (C=O) groups excluding carboxylic acids is 1. The van der Waals surface area contributed by atoms with Gasteiger partial charge in [0.1, 0.15) is 17.6 Å². The fourth-order valence-electron chi connectivity index (χ4n) is 4.15. The molecule has 31 heavy (non-hydrogen) atoms. The third kappa shape index (κ3) is 4.31. The van der Waals surface area contributed by atoms with Crippen LogP contribution in [0.2, 0.25) is 0 Å². The van der Waals surface area contributed by atoms with E-state index < -0.39 is 0 Å². The van der Waals surface area contributed by atoms with E-state index in [2.05, 4.69) is 35.9 Å². The van der Waals surface area contributed by atoms with Gasteiger partial charge in [-0.3, -0.25) is 4.79 Å². The van der Waals surface area contributed by atoms with Crippen molar-refractivity contribution in [3.05, 3.63) is 78.9 Å². The molecule has 0 bridgehead atoms. The number of benzene rings is 2. The van der Waals surface area contributed by atoms with Crippen molar-refractivity contribution in [2.24, 2.45) is 0 Å². The Bertz CT molecular complexity index is 1050. The minimum atomic E-state index is -0.267. The molecule has 1 amide bonds. The van der Waals surface area contributed by atoms with Crippen LogP contribution in [-0.4, -0.2) is 35.1 Å². The molecule has 1 aromatic heterocycles. The van der Waals surface area contributed by atoms with E-state index in [4.69, 9.17) is 4.98 Å². The number of aromatic hydroxyl groups is 1. The summed E-state index contributed by atoms with van der Waals surface area (Å²) in [6.07, 6.45) is 3.39. The van der Waals surface area contributed by atoms with Gasteiger partial charge in [0.2, 0.25) is 5.91 Å². The van der Waals surface area contributed by atoms with Crippen molar-refractivity contribution in [2.45, 2.75) is 25.8 Å². The number of para-hydroxylation sites is 1. The van der Waals surface area contributed by atoms with Gasteiger partial charge in [-0.25, -0.2) is 4.98 Å². The Morgan fingerprint density at radius 2 is 1.94 bits per heavy atom. The number of aromatic nitrogens is 1. The molecule has 0 spiro atoms. The van der Waals surface area contributed by atoms with Crippen LogP contribution in [0.25, 0.3) is 22.4 Å². The smallest absolute Gasteiger partial charge is 0.243 e. The van der Waals surface area contributed by atoms with Gasteiger partial charge in [-0.05, 0) is 60.7 Å². The maximum absolute atomic E-state index is 12.7. The van der Waals surface area contributed by atoms with Gasteiger partial charge in [0.15, 0.2) is 0 Å². The molecule has 1 aliphatic heterocycles. The number of aryl methyl sites for hydroxylation is 1. The van der Waals surface area contributed by atoms with Gasteiger partial charge < -0.3 is 15.3 Å². The van der Waals surface area contributed by atoms with Crippen LogP contribution in [0.4, 0.5) is 5.82 Å². The lowest BCUT2D eigenvalue weighted by molar-refractivity contribution is -0.122. The Hall–Kier alpha value is -3.60. The molecule has 2 heterocycles. The molecule has 1 aliphatic rings. The average molecular weight is 414 g/mol. The highest BCUT2D eigenvalue weighted by Crippen LogP contribution is 2.36. The summed E-state index contributed by atoms with van der Waals surface area (Å²) in [6, 6.07) is 19.2. The first-order valence-electron chi connectivity index (χ1n) is 10.6. The zero-order valence-corrected chi connectivity index (χ0v) is 17.7. The Morgan fingerprint density at radius 1 is 1.19 bits per heavy atom. The third-order valence-electron chi connectivity index (χ3n) is 5.72. The van der Waals surface area contributed by atoms with Crippen molar-refractivity contribution in [1.82, 2.24) is 10.3 Å². The first kappa shape index (κ1) is 20.7. The van der Waals surface area contributed by atoms with Crippen LogP contribution in [0.15, 0.2) is 73.3 Å². The maximum atomic E-state index is 12.7. The standard InChI is InChI=1S/C26H27N3O2/c1-3-14-27-26(31)23-12-8-15-29(23)25-17-19(20-10-5-4-9-18(20)2)16-22(28-25)21-11-6-7-13-24(21)30/h3-7,9-11,13,16-17,23,30H,1,8,12,14-15H2,2H3,(H,27,31)/t23-/m0/s1. The van der Waals surface area contributed by atoms with Gasteiger partial charge in [0.05, 0.1) is 5.69 Å². The molecular weight excluding hydrogens is 386 g/mol. The number of pyridine rings is 1. The Morgan fingerprint density at radius 3 is 2.68 bits per heavy atom. The first-order valence-corrected chi connectivity index (χ1v) is 10.6. The molecule has 4 rings (SSSR count). The predicted molar refractivity (Wildman–Crippen MR) is 125 cm³/mol. The van der Waals surface area contributed by atoms with Gasteiger partial charge in [-0.15, -0.1) is 6.58 Å². The predicted octanol–water partition coefficient (Wildman–Crippen LogP) is 4.70. The summed E-state index contributed by atoms with van der Waals surface area (Å²) in [5.41, 5.74) is 4.63. The number of rotatable bonds is 6. The maximum Gasteiger partial charge on any atom is 0.243 e. The second-order valence-electron chi connectivity index (χ2n) is 7.82. The van der Waals surface area contributed by atoms with Gasteiger partial charge in [-0.2, -0.15) is 0 Å². The normalized spacial score (nSPS) is 15.6. The van der Waals surface area contributed by atoms with Crippen molar-refractivity contribution in [1.29, 1.82) is 0 Å². The Kier molecular flexibility index (Phi) is 6.03. The number of anilines is 1. The van der Waals surface area contributed by atoms with E-state index >= 15 is 0 Å². The zero-order valence-electron chi connectivity index (χ0n) is 17.7. The topological polar surface area (TPSA) is 65.5 Å². The van der Waals surface area contributed by atoms with E-state index in [1.807, 2.05) is 36.4 Å². The van der Waals surface area contributed by atoms with E-state index in [1.165, 1.54) is 0 Å². The molecule has 1 saturated heterocycles. The number of phenolic OH excluding ortho intramolecular Hbond substituents is 1. The fraction of sp³-hybridized carbons (Fsp3) is 0.231. The number of carbonyl (C=O) groups is 1. The van der Waals surface area contributed by atoms with Crippen molar-refractivity contribution in [3.63, 3.8) is 0 Å². The fourth-order valence-corrected chi connectivity index (χ4v) is 4.15. The van der Waals surface area contributed by atoms with Crippen LogP contribution in [0.5, 0.6) is 5.75 Å². The van der Waals surface area contributed by atoms with Crippen LogP contribution in [-0.2, 0) is 4.79 Å².